The Kier molecular flexibility index (Phi) is 3.39. The molecule has 0 amide bonds. The Hall–Kier alpha value is -0.410. The Labute approximate surface area is 47.9 Å². The Morgan fingerprint density at radius 1 is 1.75 bits per heavy atom. The minimum absolute atomic E-state index is 0.379. The van der Waals surface area contributed by atoms with E-state index in [1.165, 1.54) is 6.92 Å². The first-order valence-electron chi connectivity index (χ1n) is 2.39. The summed E-state index contributed by atoms with van der Waals surface area (Å²) in [6, 6.07) is 0. The number of aliphatic hydroxyl groups is 2. The number of rotatable bonds is 3. The first-order chi connectivity index (χ1) is 3.72. The van der Waals surface area contributed by atoms with Crippen LogP contribution in [0.5, 0.6) is 0 Å². The largest absolute Gasteiger partial charge is 0.394 e. The third kappa shape index (κ3) is 2.04. The molecule has 0 aromatic rings. The van der Waals surface area contributed by atoms with E-state index in [2.05, 4.69) is 0 Å². The third-order valence-electron chi connectivity index (χ3n) is 0.950. The monoisotopic (exact) mass is 117 g/mol. The lowest BCUT2D eigenvalue weighted by Crippen LogP contribution is -2.22. The molecule has 0 spiro atoms. The van der Waals surface area contributed by atoms with Crippen molar-refractivity contribution in [3.05, 3.63) is 0 Å². The molecule has 1 radical (unpaired) electrons. The van der Waals surface area contributed by atoms with Gasteiger partial charge in [0, 0.05) is 0 Å². The smallest absolute Gasteiger partial charge is 0.204 e. The van der Waals surface area contributed by atoms with Gasteiger partial charge in [-0.3, -0.25) is 4.79 Å². The van der Waals surface area contributed by atoms with Gasteiger partial charge in [0.2, 0.25) is 6.29 Å². The van der Waals surface area contributed by atoms with Crippen molar-refractivity contribution in [2.24, 2.45) is 5.92 Å². The number of hydrogen-bond acceptors (Lipinski definition) is 3. The van der Waals surface area contributed by atoms with Gasteiger partial charge in [-0.25, -0.2) is 0 Å². The molecule has 0 aliphatic carbocycles. The summed E-state index contributed by atoms with van der Waals surface area (Å²) in [4.78, 5) is 9.71. The summed E-state index contributed by atoms with van der Waals surface area (Å²) in [7, 11) is 0. The van der Waals surface area contributed by atoms with Gasteiger partial charge >= 0.3 is 0 Å². The normalized spacial score (nSPS) is 17.4. The van der Waals surface area contributed by atoms with E-state index in [1.54, 1.807) is 6.29 Å². The molecule has 0 bridgehead atoms. The van der Waals surface area contributed by atoms with Gasteiger partial charge in [0.15, 0.2) is 0 Å². The first kappa shape index (κ1) is 7.59. The Morgan fingerprint density at radius 2 is 2.25 bits per heavy atom. The zero-order chi connectivity index (χ0) is 6.57. The topological polar surface area (TPSA) is 57.5 Å². The lowest BCUT2D eigenvalue weighted by atomic mass is 10.1. The molecule has 0 aromatic heterocycles. The fourth-order valence-corrected chi connectivity index (χ4v) is 0.237. The van der Waals surface area contributed by atoms with Gasteiger partial charge in [0.25, 0.3) is 0 Å². The number of hydrogen-bond donors (Lipinski definition) is 2. The third-order valence-corrected chi connectivity index (χ3v) is 0.950. The highest BCUT2D eigenvalue weighted by atomic mass is 16.3. The minimum atomic E-state index is -0.951. The van der Waals surface area contributed by atoms with Crippen molar-refractivity contribution in [3.8, 4) is 0 Å². The SMILES string of the molecule is CC([C]=O)C(O)CO. The van der Waals surface area contributed by atoms with Crippen LogP contribution < -0.4 is 0 Å². The molecule has 3 nitrogen and oxygen atoms in total. The molecule has 0 aliphatic heterocycles. The second kappa shape index (κ2) is 3.57. The Morgan fingerprint density at radius 3 is 2.38 bits per heavy atom. The second-order valence-corrected chi connectivity index (χ2v) is 1.66. The molecular formula is C5H9O3. The molecule has 0 heterocycles. The minimum Gasteiger partial charge on any atom is -0.394 e. The molecule has 0 saturated carbocycles. The quantitative estimate of drug-likeness (QED) is 0.503. The zero-order valence-electron chi connectivity index (χ0n) is 4.66. The maximum Gasteiger partial charge on any atom is 0.204 e. The molecule has 0 aliphatic rings. The van der Waals surface area contributed by atoms with E-state index < -0.39 is 12.0 Å². The van der Waals surface area contributed by atoms with Crippen LogP contribution in [0, 0.1) is 5.92 Å². The van der Waals surface area contributed by atoms with E-state index in [0.717, 1.165) is 0 Å². The highest BCUT2D eigenvalue weighted by Gasteiger charge is 2.11. The van der Waals surface area contributed by atoms with Gasteiger partial charge in [0.05, 0.1) is 18.6 Å². The highest BCUT2D eigenvalue weighted by molar-refractivity contribution is 5.54. The summed E-state index contributed by atoms with van der Waals surface area (Å²) in [6.45, 7) is 1.12. The van der Waals surface area contributed by atoms with Crippen LogP contribution >= 0.6 is 0 Å². The van der Waals surface area contributed by atoms with Crippen LogP contribution in [-0.2, 0) is 4.79 Å². The van der Waals surface area contributed by atoms with Gasteiger partial charge in [-0.2, -0.15) is 0 Å². The van der Waals surface area contributed by atoms with Gasteiger partial charge in [0.1, 0.15) is 0 Å². The van der Waals surface area contributed by atoms with Crippen LogP contribution in [0.25, 0.3) is 0 Å². The van der Waals surface area contributed by atoms with Crippen molar-refractivity contribution < 1.29 is 15.0 Å². The summed E-state index contributed by atoms with van der Waals surface area (Å²) in [5, 5.41) is 16.8. The van der Waals surface area contributed by atoms with Crippen molar-refractivity contribution >= 4 is 6.29 Å². The molecule has 47 valence electrons. The summed E-state index contributed by atoms with van der Waals surface area (Å²) in [5.41, 5.74) is 0. The van der Waals surface area contributed by atoms with E-state index in [1.807, 2.05) is 0 Å². The fraction of sp³-hybridized carbons (Fsp3) is 0.800. The van der Waals surface area contributed by atoms with Crippen LogP contribution in [-0.4, -0.2) is 29.2 Å². The zero-order valence-corrected chi connectivity index (χ0v) is 4.66. The predicted octanol–water partition coefficient (Wildman–Crippen LogP) is -0.915. The molecule has 0 saturated heterocycles. The van der Waals surface area contributed by atoms with Gasteiger partial charge < -0.3 is 10.2 Å². The summed E-state index contributed by atoms with van der Waals surface area (Å²) < 4.78 is 0. The van der Waals surface area contributed by atoms with E-state index in [9.17, 15) is 4.79 Å². The van der Waals surface area contributed by atoms with Crippen molar-refractivity contribution in [1.29, 1.82) is 0 Å². The summed E-state index contributed by atoms with van der Waals surface area (Å²) in [5.74, 6) is -0.583. The van der Waals surface area contributed by atoms with Crippen molar-refractivity contribution in [3.63, 3.8) is 0 Å². The van der Waals surface area contributed by atoms with E-state index in [0.29, 0.717) is 0 Å². The molecule has 8 heavy (non-hydrogen) atoms. The highest BCUT2D eigenvalue weighted by Crippen LogP contribution is 1.95. The van der Waals surface area contributed by atoms with Crippen molar-refractivity contribution in [2.45, 2.75) is 13.0 Å². The van der Waals surface area contributed by atoms with Crippen molar-refractivity contribution in [2.75, 3.05) is 6.61 Å². The predicted molar refractivity (Wildman–Crippen MR) is 28.0 cm³/mol. The van der Waals surface area contributed by atoms with Gasteiger partial charge in [-0.05, 0) is 0 Å². The van der Waals surface area contributed by atoms with E-state index >= 15 is 0 Å². The van der Waals surface area contributed by atoms with Crippen LogP contribution in [0.2, 0.25) is 0 Å². The lowest BCUT2D eigenvalue weighted by molar-refractivity contribution is 0.0732. The summed E-state index contributed by atoms with van der Waals surface area (Å²) in [6.07, 6.45) is 0.604. The molecule has 2 N–H and O–H groups in total. The van der Waals surface area contributed by atoms with Crippen LogP contribution in [0.1, 0.15) is 6.92 Å². The fourth-order valence-electron chi connectivity index (χ4n) is 0.237. The maximum atomic E-state index is 9.71. The molecule has 2 atom stereocenters. The Bertz CT molecular complexity index is 72.1. The molecular weight excluding hydrogens is 108 g/mol. The van der Waals surface area contributed by atoms with Crippen LogP contribution in [0.15, 0.2) is 0 Å². The molecule has 3 heteroatoms. The van der Waals surface area contributed by atoms with Gasteiger partial charge in [-0.15, -0.1) is 0 Å². The average Bonchev–Trinajstić information content (AvgIpc) is 1.84. The summed E-state index contributed by atoms with van der Waals surface area (Å²) >= 11 is 0. The van der Waals surface area contributed by atoms with E-state index in [-0.39, 0.29) is 6.61 Å². The lowest BCUT2D eigenvalue weighted by Gasteiger charge is -2.06. The van der Waals surface area contributed by atoms with Crippen molar-refractivity contribution in [1.82, 2.24) is 0 Å². The van der Waals surface area contributed by atoms with E-state index in [4.69, 9.17) is 10.2 Å². The Balaban J connectivity index is 3.44. The maximum absolute atomic E-state index is 9.71. The number of carbonyl (C=O) groups excluding carboxylic acids is 1. The first-order valence-corrected chi connectivity index (χ1v) is 2.39. The molecule has 2 unspecified atom stereocenters. The molecule has 0 rings (SSSR count). The number of aliphatic hydroxyl groups excluding tert-OH is 2. The van der Waals surface area contributed by atoms with Crippen LogP contribution in [0.4, 0.5) is 0 Å². The molecule has 0 aromatic carbocycles. The average molecular weight is 117 g/mol. The van der Waals surface area contributed by atoms with Gasteiger partial charge in [-0.1, -0.05) is 6.92 Å². The van der Waals surface area contributed by atoms with Crippen LogP contribution in [0.3, 0.4) is 0 Å². The second-order valence-electron chi connectivity index (χ2n) is 1.66. The standard InChI is InChI=1S/C5H9O3/c1-4(2-6)5(8)3-7/h4-5,7-8H,3H2,1H3. The molecule has 0 fully saturated rings.